The van der Waals surface area contributed by atoms with E-state index in [1.807, 2.05) is 24.3 Å². The molecule has 3 rings (SSSR count). The Bertz CT molecular complexity index is 751. The molecule has 2 aromatic rings. The van der Waals surface area contributed by atoms with Gasteiger partial charge in [-0.2, -0.15) is 0 Å². The van der Waals surface area contributed by atoms with Gasteiger partial charge in [-0.05, 0) is 64.7 Å². The summed E-state index contributed by atoms with van der Waals surface area (Å²) in [6.07, 6.45) is 4.97. The van der Waals surface area contributed by atoms with Crippen LogP contribution in [0.4, 0.5) is 4.39 Å². The quantitative estimate of drug-likeness (QED) is 0.717. The van der Waals surface area contributed by atoms with E-state index < -0.39 is 0 Å². The third kappa shape index (κ3) is 4.77. The van der Waals surface area contributed by atoms with Crippen LogP contribution in [0.1, 0.15) is 23.3 Å². The lowest BCUT2D eigenvalue weighted by Gasteiger charge is -2.37. The van der Waals surface area contributed by atoms with E-state index in [1.54, 1.807) is 23.5 Å². The van der Waals surface area contributed by atoms with Crippen LogP contribution in [-0.4, -0.2) is 25.7 Å². The van der Waals surface area contributed by atoms with E-state index in [1.165, 1.54) is 12.1 Å². The molecule has 132 valence electrons. The van der Waals surface area contributed by atoms with Crippen LogP contribution >= 0.6 is 27.3 Å². The Morgan fingerprint density at radius 2 is 1.96 bits per heavy atom. The van der Waals surface area contributed by atoms with Crippen molar-refractivity contribution in [3.8, 4) is 0 Å². The molecular formula is C19H19BrFNO2S. The van der Waals surface area contributed by atoms with Crippen LogP contribution < -0.4 is 5.32 Å². The molecule has 1 saturated heterocycles. The Balaban J connectivity index is 1.67. The van der Waals surface area contributed by atoms with Gasteiger partial charge in [0.1, 0.15) is 5.82 Å². The Kier molecular flexibility index (Phi) is 6.04. The maximum atomic E-state index is 13.3. The van der Waals surface area contributed by atoms with Crippen molar-refractivity contribution in [3.05, 3.63) is 62.5 Å². The fourth-order valence-corrected chi connectivity index (χ4v) is 4.35. The van der Waals surface area contributed by atoms with Crippen LogP contribution in [0.3, 0.4) is 0 Å². The summed E-state index contributed by atoms with van der Waals surface area (Å²) in [6.45, 7) is 1.80. The second kappa shape index (κ2) is 8.25. The molecule has 2 heterocycles. The summed E-state index contributed by atoms with van der Waals surface area (Å²) in [7, 11) is 0. The number of hydrogen-bond acceptors (Lipinski definition) is 3. The van der Waals surface area contributed by atoms with Gasteiger partial charge in [0.2, 0.25) is 5.91 Å². The molecule has 0 saturated carbocycles. The minimum atomic E-state index is -0.250. The van der Waals surface area contributed by atoms with E-state index in [9.17, 15) is 9.18 Å². The number of halogens is 2. The first kappa shape index (κ1) is 18.3. The van der Waals surface area contributed by atoms with Gasteiger partial charge >= 0.3 is 0 Å². The predicted octanol–water partition coefficient (Wildman–Crippen LogP) is 4.53. The number of thiophene rings is 1. The number of hydrogen-bond donors (Lipinski definition) is 1. The Morgan fingerprint density at radius 3 is 2.60 bits per heavy atom. The zero-order valence-corrected chi connectivity index (χ0v) is 16.0. The van der Waals surface area contributed by atoms with Gasteiger partial charge in [-0.15, -0.1) is 11.3 Å². The molecule has 25 heavy (non-hydrogen) atoms. The first-order valence-electron chi connectivity index (χ1n) is 8.12. The normalized spacial score (nSPS) is 16.9. The highest BCUT2D eigenvalue weighted by Crippen LogP contribution is 2.34. The number of rotatable bonds is 5. The number of benzene rings is 1. The van der Waals surface area contributed by atoms with Crippen molar-refractivity contribution in [2.75, 3.05) is 19.8 Å². The Morgan fingerprint density at radius 1 is 1.24 bits per heavy atom. The lowest BCUT2D eigenvalue weighted by molar-refractivity contribution is -0.116. The zero-order chi connectivity index (χ0) is 17.7. The molecule has 0 spiro atoms. The number of nitrogens with one attached hydrogen (secondary N) is 1. The summed E-state index contributed by atoms with van der Waals surface area (Å²) < 4.78 is 19.8. The van der Waals surface area contributed by atoms with Gasteiger partial charge in [-0.3, -0.25) is 4.79 Å². The summed E-state index contributed by atoms with van der Waals surface area (Å²) in [6, 6.07) is 10.5. The number of carbonyl (C=O) groups excluding carboxylic acids is 1. The predicted molar refractivity (Wildman–Crippen MR) is 102 cm³/mol. The molecule has 1 fully saturated rings. The molecule has 0 unspecified atom stereocenters. The highest BCUT2D eigenvalue weighted by atomic mass is 79.9. The fourth-order valence-electron chi connectivity index (χ4n) is 3.02. The van der Waals surface area contributed by atoms with E-state index in [2.05, 4.69) is 21.2 Å². The summed E-state index contributed by atoms with van der Waals surface area (Å²) in [5, 5.41) is 3.00. The highest BCUT2D eigenvalue weighted by molar-refractivity contribution is 9.11. The van der Waals surface area contributed by atoms with Gasteiger partial charge in [-0.25, -0.2) is 4.39 Å². The van der Waals surface area contributed by atoms with E-state index >= 15 is 0 Å². The molecular weight excluding hydrogens is 405 g/mol. The average molecular weight is 424 g/mol. The number of carbonyl (C=O) groups is 1. The monoisotopic (exact) mass is 423 g/mol. The second-order valence-electron chi connectivity index (χ2n) is 6.09. The third-order valence-electron chi connectivity index (χ3n) is 4.50. The molecule has 1 N–H and O–H groups in total. The maximum absolute atomic E-state index is 13.3. The van der Waals surface area contributed by atoms with Gasteiger partial charge in [0.15, 0.2) is 0 Å². The van der Waals surface area contributed by atoms with Crippen LogP contribution in [0.15, 0.2) is 46.3 Å². The smallest absolute Gasteiger partial charge is 0.244 e. The molecule has 0 atom stereocenters. The van der Waals surface area contributed by atoms with Crippen LogP contribution in [0.25, 0.3) is 6.08 Å². The summed E-state index contributed by atoms with van der Waals surface area (Å²) in [5.74, 6) is -0.377. The molecule has 1 amide bonds. The lowest BCUT2D eigenvalue weighted by atomic mass is 9.74. The van der Waals surface area contributed by atoms with Crippen molar-refractivity contribution in [3.63, 3.8) is 0 Å². The van der Waals surface area contributed by atoms with Crippen molar-refractivity contribution in [2.24, 2.45) is 0 Å². The molecule has 1 aromatic heterocycles. The van der Waals surface area contributed by atoms with Crippen molar-refractivity contribution in [1.82, 2.24) is 5.32 Å². The Labute approximate surface area is 159 Å². The van der Waals surface area contributed by atoms with E-state index in [-0.39, 0.29) is 17.1 Å². The topological polar surface area (TPSA) is 38.3 Å². The van der Waals surface area contributed by atoms with Crippen molar-refractivity contribution in [2.45, 2.75) is 18.3 Å². The second-order valence-corrected chi connectivity index (χ2v) is 8.59. The molecule has 1 aliphatic heterocycles. The number of amides is 1. The van der Waals surface area contributed by atoms with Crippen LogP contribution in [0, 0.1) is 5.82 Å². The van der Waals surface area contributed by atoms with Crippen LogP contribution in [0.2, 0.25) is 0 Å². The standard InChI is InChI=1S/C19H19BrFNO2S/c20-17-7-5-16(25-17)6-8-18(23)22-13-19(9-11-24-12-10-19)14-1-3-15(21)4-2-14/h1-8H,9-13H2,(H,22,23)/b8-6+. The summed E-state index contributed by atoms with van der Waals surface area (Å²) in [4.78, 5) is 13.2. The lowest BCUT2D eigenvalue weighted by Crippen LogP contribution is -2.44. The largest absolute Gasteiger partial charge is 0.381 e. The average Bonchev–Trinajstić information content (AvgIpc) is 3.05. The van der Waals surface area contributed by atoms with E-state index in [0.29, 0.717) is 19.8 Å². The molecule has 0 radical (unpaired) electrons. The van der Waals surface area contributed by atoms with Gasteiger partial charge in [0.25, 0.3) is 0 Å². The fraction of sp³-hybridized carbons (Fsp3) is 0.316. The third-order valence-corrected chi connectivity index (χ3v) is 6.09. The van der Waals surface area contributed by atoms with E-state index in [0.717, 1.165) is 27.1 Å². The summed E-state index contributed by atoms with van der Waals surface area (Å²) in [5.41, 5.74) is 0.838. The molecule has 0 aliphatic carbocycles. The van der Waals surface area contributed by atoms with Crippen molar-refractivity contribution < 1.29 is 13.9 Å². The van der Waals surface area contributed by atoms with Gasteiger partial charge in [-0.1, -0.05) is 12.1 Å². The maximum Gasteiger partial charge on any atom is 0.244 e. The van der Waals surface area contributed by atoms with Crippen molar-refractivity contribution in [1.29, 1.82) is 0 Å². The van der Waals surface area contributed by atoms with Gasteiger partial charge in [0.05, 0.1) is 3.79 Å². The molecule has 6 heteroatoms. The van der Waals surface area contributed by atoms with Crippen LogP contribution in [-0.2, 0) is 14.9 Å². The molecule has 3 nitrogen and oxygen atoms in total. The molecule has 0 bridgehead atoms. The van der Waals surface area contributed by atoms with E-state index in [4.69, 9.17) is 4.74 Å². The van der Waals surface area contributed by atoms with Crippen LogP contribution in [0.5, 0.6) is 0 Å². The van der Waals surface area contributed by atoms with Gasteiger partial charge < -0.3 is 10.1 Å². The minimum absolute atomic E-state index is 0.127. The summed E-state index contributed by atoms with van der Waals surface area (Å²) >= 11 is 4.98. The Hall–Kier alpha value is -1.50. The number of ether oxygens (including phenoxy) is 1. The molecule has 1 aromatic carbocycles. The SMILES string of the molecule is O=C(/C=C/c1ccc(Br)s1)NCC1(c2ccc(F)cc2)CCOCC1. The first-order chi connectivity index (χ1) is 12.1. The van der Waals surface area contributed by atoms with Crippen molar-refractivity contribution >= 4 is 39.2 Å². The molecule has 1 aliphatic rings. The highest BCUT2D eigenvalue weighted by Gasteiger charge is 2.34. The van der Waals surface area contributed by atoms with Gasteiger partial charge in [0, 0.05) is 36.1 Å². The first-order valence-corrected chi connectivity index (χ1v) is 9.73. The zero-order valence-electron chi connectivity index (χ0n) is 13.6. The minimum Gasteiger partial charge on any atom is -0.381 e.